The molecule has 0 saturated carbocycles. The smallest absolute Gasteiger partial charge is 0.550 e. The summed E-state index contributed by atoms with van der Waals surface area (Å²) in [6.45, 7) is 4.57. The Morgan fingerprint density at radius 2 is 0.535 bits per heavy atom. The molecule has 71 heavy (non-hydrogen) atoms. The van der Waals surface area contributed by atoms with Crippen LogP contribution in [0.1, 0.15) is 367 Å². The molecule has 2 atom stereocenters. The molecular weight excluding hydrogens is 891 g/mol. The number of hydrogen-bond donors (Lipinski definition) is 1. The van der Waals surface area contributed by atoms with Crippen LogP contribution in [0.2, 0.25) is 0 Å². The van der Waals surface area contributed by atoms with Gasteiger partial charge in [0, 0.05) is 5.97 Å². The first-order chi connectivity index (χ1) is 33.6. The predicted octanol–water partition coefficient (Wildman–Crippen LogP) is 12.2. The summed E-state index contributed by atoms with van der Waals surface area (Å²) in [5.41, 5.74) is 0. The van der Waals surface area contributed by atoms with Crippen LogP contribution in [0.3, 0.4) is 0 Å². The molecule has 1 N–H and O–H groups in total. The SMILES string of the molecule is CCCCCCCCCCCCCCCCCCCCCCCCCCCCC(CC(=O)[O-])C(CCCCCCCCCCCCCCCCCCCCCCCCCCCC)(C(=O)[O-])S(=O)(=O)O.[Li+].[Li+]. The molecule has 10 heteroatoms. The summed E-state index contributed by atoms with van der Waals surface area (Å²) >= 11 is 0. The molecule has 7 nitrogen and oxygen atoms in total. The molecule has 0 aliphatic rings. The van der Waals surface area contributed by atoms with Gasteiger partial charge in [0.25, 0.3) is 10.1 Å². The molecule has 0 aromatic rings. The Hall–Kier alpha value is 0.0448. The number of aliphatic carboxylic acids is 2. The maximum atomic E-state index is 12.8. The van der Waals surface area contributed by atoms with E-state index in [0.29, 0.717) is 12.8 Å². The fraction of sp³-hybridized carbons (Fsp3) is 0.967. The number of hydrogen-bond acceptors (Lipinski definition) is 6. The molecule has 0 radical (unpaired) electrons. The predicted molar refractivity (Wildman–Crippen MR) is 293 cm³/mol. The minimum Gasteiger partial charge on any atom is -0.550 e. The van der Waals surface area contributed by atoms with E-state index in [-0.39, 0.29) is 57.0 Å². The summed E-state index contributed by atoms with van der Waals surface area (Å²) in [5.74, 6) is -4.70. The van der Waals surface area contributed by atoms with Gasteiger partial charge in [-0.2, -0.15) is 8.42 Å². The molecule has 0 amide bonds. The molecule has 0 aliphatic carbocycles. The third-order valence-electron chi connectivity index (χ3n) is 15.7. The number of unbranched alkanes of at least 4 members (excludes halogenated alkanes) is 50. The summed E-state index contributed by atoms with van der Waals surface area (Å²) in [4.78, 5) is 24.3. The molecule has 412 valence electrons. The van der Waals surface area contributed by atoms with Crippen molar-refractivity contribution in [3.05, 3.63) is 0 Å². The Labute approximate surface area is 467 Å². The first-order valence-electron chi connectivity index (χ1n) is 31.0. The van der Waals surface area contributed by atoms with Gasteiger partial charge < -0.3 is 19.8 Å². The van der Waals surface area contributed by atoms with E-state index in [0.717, 1.165) is 44.9 Å². The van der Waals surface area contributed by atoms with Crippen molar-refractivity contribution in [2.45, 2.75) is 372 Å². The van der Waals surface area contributed by atoms with Crippen molar-refractivity contribution in [2.24, 2.45) is 5.92 Å². The molecule has 0 aromatic carbocycles. The zero-order chi connectivity index (χ0) is 50.6. The molecule has 0 fully saturated rings. The zero-order valence-corrected chi connectivity index (χ0v) is 49.1. The van der Waals surface area contributed by atoms with E-state index >= 15 is 0 Å². The van der Waals surface area contributed by atoms with Crippen LogP contribution in [0.25, 0.3) is 0 Å². The minimum absolute atomic E-state index is 0. The molecule has 2 unspecified atom stereocenters. The van der Waals surface area contributed by atoms with E-state index in [1.54, 1.807) is 0 Å². The Bertz CT molecular complexity index is 1200. The van der Waals surface area contributed by atoms with Gasteiger partial charge >= 0.3 is 37.7 Å². The van der Waals surface area contributed by atoms with E-state index in [1.165, 1.54) is 270 Å². The van der Waals surface area contributed by atoms with E-state index in [1.807, 2.05) is 0 Å². The van der Waals surface area contributed by atoms with Crippen molar-refractivity contribution in [3.63, 3.8) is 0 Å². The largest absolute Gasteiger partial charge is 1.00 e. The summed E-state index contributed by atoms with van der Waals surface area (Å²) in [6, 6.07) is 0. The Kier molecular flexibility index (Phi) is 61.2. The molecular formula is C61H118Li2O7S. The summed E-state index contributed by atoms with van der Waals surface area (Å²) in [6.07, 6.45) is 64.8. The van der Waals surface area contributed by atoms with E-state index in [9.17, 15) is 32.8 Å². The van der Waals surface area contributed by atoms with Crippen LogP contribution >= 0.6 is 0 Å². The van der Waals surface area contributed by atoms with Gasteiger partial charge in [-0.3, -0.25) is 4.55 Å². The van der Waals surface area contributed by atoms with Gasteiger partial charge in [0.1, 0.15) is 4.75 Å². The van der Waals surface area contributed by atoms with Gasteiger partial charge in [0.2, 0.25) is 0 Å². The van der Waals surface area contributed by atoms with Crippen molar-refractivity contribution in [2.75, 3.05) is 0 Å². The van der Waals surface area contributed by atoms with Gasteiger partial charge in [0.15, 0.2) is 0 Å². The summed E-state index contributed by atoms with van der Waals surface area (Å²) < 4.78 is 33.2. The van der Waals surface area contributed by atoms with Crippen LogP contribution in [-0.2, 0) is 19.7 Å². The molecule has 0 heterocycles. The van der Waals surface area contributed by atoms with Crippen LogP contribution in [0.5, 0.6) is 0 Å². The maximum Gasteiger partial charge on any atom is 1.00 e. The van der Waals surface area contributed by atoms with Crippen molar-refractivity contribution in [1.29, 1.82) is 0 Å². The second-order valence-corrected chi connectivity index (χ2v) is 23.8. The fourth-order valence-corrected chi connectivity index (χ4v) is 12.3. The minimum atomic E-state index is -5.13. The van der Waals surface area contributed by atoms with Gasteiger partial charge in [0.05, 0.1) is 5.97 Å². The third kappa shape index (κ3) is 48.2. The van der Waals surface area contributed by atoms with Gasteiger partial charge in [-0.25, -0.2) is 0 Å². The third-order valence-corrected chi connectivity index (χ3v) is 17.3. The molecule has 0 bridgehead atoms. The number of carbonyl (C=O) groups is 2. The zero-order valence-electron chi connectivity index (χ0n) is 48.3. The molecule has 0 spiro atoms. The molecule has 0 aliphatic heterocycles. The molecule has 0 aromatic heterocycles. The second kappa shape index (κ2) is 57.7. The first-order valence-corrected chi connectivity index (χ1v) is 32.5. The Balaban J connectivity index is -0.0000231. The van der Waals surface area contributed by atoms with Crippen LogP contribution in [0.15, 0.2) is 0 Å². The van der Waals surface area contributed by atoms with Crippen LogP contribution in [-0.4, -0.2) is 29.7 Å². The number of carboxylic acid groups (broad SMARTS) is 2. The number of rotatable bonds is 59. The number of carbonyl (C=O) groups excluding carboxylic acids is 2. The topological polar surface area (TPSA) is 135 Å². The Morgan fingerprint density at radius 3 is 0.704 bits per heavy atom. The van der Waals surface area contributed by atoms with Crippen molar-refractivity contribution in [3.8, 4) is 0 Å². The summed E-state index contributed by atoms with van der Waals surface area (Å²) in [7, 11) is -5.13. The van der Waals surface area contributed by atoms with Crippen LogP contribution < -0.4 is 47.9 Å². The van der Waals surface area contributed by atoms with E-state index in [2.05, 4.69) is 13.8 Å². The summed E-state index contributed by atoms with van der Waals surface area (Å²) in [5, 5.41) is 24.3. The van der Waals surface area contributed by atoms with E-state index < -0.39 is 39.1 Å². The maximum absolute atomic E-state index is 12.8. The van der Waals surface area contributed by atoms with Gasteiger partial charge in [-0.15, -0.1) is 0 Å². The molecule has 0 saturated heterocycles. The second-order valence-electron chi connectivity index (χ2n) is 22.1. The van der Waals surface area contributed by atoms with Crippen molar-refractivity contribution in [1.82, 2.24) is 0 Å². The normalized spacial score (nSPS) is 12.9. The average Bonchev–Trinajstić information content (AvgIpc) is 3.31. The monoisotopic (exact) mass is 1010 g/mol. The number of carboxylic acids is 2. The van der Waals surface area contributed by atoms with Crippen molar-refractivity contribution >= 4 is 22.1 Å². The van der Waals surface area contributed by atoms with Crippen LogP contribution in [0.4, 0.5) is 0 Å². The quantitative estimate of drug-likeness (QED) is 0.0364. The molecule has 0 rings (SSSR count). The van der Waals surface area contributed by atoms with E-state index in [4.69, 9.17) is 0 Å². The van der Waals surface area contributed by atoms with Crippen LogP contribution in [0, 0.1) is 5.92 Å². The fourth-order valence-electron chi connectivity index (χ4n) is 11.0. The first kappa shape index (κ1) is 75.3. The van der Waals surface area contributed by atoms with Gasteiger partial charge in [-0.1, -0.05) is 348 Å². The Morgan fingerprint density at radius 1 is 0.352 bits per heavy atom. The van der Waals surface area contributed by atoms with Gasteiger partial charge in [-0.05, 0) is 25.2 Å². The van der Waals surface area contributed by atoms with Crippen molar-refractivity contribution < 1.29 is 70.5 Å². The average molecular weight is 1010 g/mol. The standard InChI is InChI=1S/C61H120O7S.2Li/c1-3-5-7-9-11-13-15-17-19-21-23-25-27-29-31-33-35-37-39-41-43-45-47-49-51-53-55-58(57-59(62)63)61(60(64)65,69(66,67)68)56-54-52-50-48-46-44-42-40-38-36-34-32-30-28-26-24-22-20-18-16-14-12-10-8-6-4-2;;/h58H,3-57H2,1-2H3,(H,62,63)(H,64,65)(H,66,67,68);;/q;2*+1/p-2.